The molecule has 138 valence electrons. The third-order valence-electron chi connectivity index (χ3n) is 4.15. The third-order valence-corrected chi connectivity index (χ3v) is 4.15. The zero-order valence-electron chi connectivity index (χ0n) is 19.0. The van der Waals surface area contributed by atoms with E-state index in [0.717, 1.165) is 0 Å². The minimum atomic E-state index is 0.0882. The average molecular weight is 324 g/mol. The van der Waals surface area contributed by atoms with E-state index in [-0.39, 0.29) is 27.5 Å². The highest BCUT2D eigenvalue weighted by molar-refractivity contribution is 6.57. The van der Waals surface area contributed by atoms with Gasteiger partial charge in [0.1, 0.15) is 0 Å². The first-order chi connectivity index (χ1) is 9.61. The molecule has 0 aromatic carbocycles. The van der Waals surface area contributed by atoms with Gasteiger partial charge >= 0.3 is 6.98 Å². The van der Waals surface area contributed by atoms with Gasteiger partial charge < -0.3 is 9.62 Å². The molecule has 0 radical (unpaired) electrons. The molecule has 0 aliphatic carbocycles. The van der Waals surface area contributed by atoms with E-state index < -0.39 is 0 Å². The quantitative estimate of drug-likeness (QED) is 0.569. The van der Waals surface area contributed by atoms with E-state index in [2.05, 4.69) is 113 Å². The Kier molecular flexibility index (Phi) is 6.37. The molecule has 0 amide bonds. The van der Waals surface area contributed by atoms with Gasteiger partial charge in [-0.3, -0.25) is 0 Å². The zero-order valence-corrected chi connectivity index (χ0v) is 19.0. The number of hydrogen-bond acceptors (Lipinski definition) is 2. The lowest BCUT2D eigenvalue weighted by Gasteiger charge is -2.61. The van der Waals surface area contributed by atoms with Gasteiger partial charge in [-0.2, -0.15) is 0 Å². The molecule has 0 aromatic rings. The van der Waals surface area contributed by atoms with Crippen LogP contribution in [0, 0.1) is 0 Å². The molecule has 0 fully saturated rings. The summed E-state index contributed by atoms with van der Waals surface area (Å²) in [5.74, 6) is 0. The molecule has 0 saturated heterocycles. The molecule has 0 saturated carbocycles. The summed E-state index contributed by atoms with van der Waals surface area (Å²) < 4.78 is 0. The highest BCUT2D eigenvalue weighted by Crippen LogP contribution is 2.43. The van der Waals surface area contributed by atoms with Crippen molar-refractivity contribution in [2.24, 2.45) is 0 Å². The van der Waals surface area contributed by atoms with E-state index in [1.54, 1.807) is 0 Å². The van der Waals surface area contributed by atoms with E-state index in [0.29, 0.717) is 6.98 Å². The Morgan fingerprint density at radius 2 is 0.565 bits per heavy atom. The second-order valence-corrected chi connectivity index (χ2v) is 12.2. The van der Waals surface area contributed by atoms with Crippen LogP contribution >= 0.6 is 0 Å². The van der Waals surface area contributed by atoms with Gasteiger partial charge in [-0.05, 0) is 88.4 Å². The summed E-state index contributed by atoms with van der Waals surface area (Å²) in [6.07, 6.45) is 0. The highest BCUT2D eigenvalue weighted by Gasteiger charge is 2.53. The van der Waals surface area contributed by atoms with Crippen LogP contribution in [0.5, 0.6) is 0 Å². The molecule has 0 aromatic heterocycles. The first kappa shape index (κ1) is 23.0. The van der Waals surface area contributed by atoms with Crippen molar-refractivity contribution < 1.29 is 0 Å². The smallest absolute Gasteiger partial charge is 0.318 e. The summed E-state index contributed by atoms with van der Waals surface area (Å²) in [7, 11) is 0. The molecule has 0 N–H and O–H groups in total. The SMILES string of the molecule is CC(C)(C)B(N(C(C)(C)C)C(C)(C)C)N(C(C)(C)C)C(C)(C)C. The normalized spacial score (nSPS) is 15.5. The van der Waals surface area contributed by atoms with Gasteiger partial charge in [-0.15, -0.1) is 0 Å². The van der Waals surface area contributed by atoms with Crippen molar-refractivity contribution in [1.29, 1.82) is 0 Å². The van der Waals surface area contributed by atoms with Crippen LogP contribution in [0.4, 0.5) is 0 Å². The summed E-state index contributed by atoms with van der Waals surface area (Å²) >= 11 is 0. The van der Waals surface area contributed by atoms with Crippen LogP contribution < -0.4 is 0 Å². The van der Waals surface area contributed by atoms with Crippen molar-refractivity contribution in [2.45, 2.75) is 131 Å². The van der Waals surface area contributed by atoms with Crippen molar-refractivity contribution >= 4 is 6.98 Å². The van der Waals surface area contributed by atoms with Crippen LogP contribution in [0.2, 0.25) is 5.31 Å². The van der Waals surface area contributed by atoms with E-state index in [1.807, 2.05) is 0 Å². The predicted molar refractivity (Wildman–Crippen MR) is 108 cm³/mol. The minimum Gasteiger partial charge on any atom is -0.318 e. The van der Waals surface area contributed by atoms with Crippen molar-refractivity contribution in [1.82, 2.24) is 9.62 Å². The summed E-state index contributed by atoms with van der Waals surface area (Å²) in [4.78, 5) is 5.44. The molecular formula is C20H45BN2. The fourth-order valence-corrected chi connectivity index (χ4v) is 4.37. The first-order valence-electron chi connectivity index (χ1n) is 9.20. The molecule has 0 aliphatic heterocycles. The van der Waals surface area contributed by atoms with Crippen molar-refractivity contribution in [3.8, 4) is 0 Å². The van der Waals surface area contributed by atoms with E-state index in [4.69, 9.17) is 0 Å². The molecule has 0 spiro atoms. The van der Waals surface area contributed by atoms with Crippen molar-refractivity contribution in [2.75, 3.05) is 0 Å². The summed E-state index contributed by atoms with van der Waals surface area (Å²) in [5, 5.41) is 0.140. The summed E-state index contributed by atoms with van der Waals surface area (Å²) in [6.45, 7) is 35.7. The molecule has 2 nitrogen and oxygen atoms in total. The first-order valence-corrected chi connectivity index (χ1v) is 9.20. The van der Waals surface area contributed by atoms with Gasteiger partial charge in [0, 0.05) is 22.2 Å². The van der Waals surface area contributed by atoms with E-state index in [1.165, 1.54) is 0 Å². The van der Waals surface area contributed by atoms with E-state index in [9.17, 15) is 0 Å². The fraction of sp³-hybridized carbons (Fsp3) is 1.00. The molecule has 23 heavy (non-hydrogen) atoms. The Bertz CT molecular complexity index is 320. The number of nitrogens with zero attached hydrogens (tertiary/aromatic N) is 2. The third kappa shape index (κ3) is 6.09. The molecule has 0 rings (SSSR count). The minimum absolute atomic E-state index is 0.0882. The zero-order chi connectivity index (χ0) is 19.2. The highest BCUT2D eigenvalue weighted by atomic mass is 15.3. The maximum Gasteiger partial charge on any atom is 0.318 e. The number of hydrogen-bond donors (Lipinski definition) is 0. The van der Waals surface area contributed by atoms with Gasteiger partial charge in [-0.1, -0.05) is 20.8 Å². The van der Waals surface area contributed by atoms with Crippen LogP contribution in [0.25, 0.3) is 0 Å². The van der Waals surface area contributed by atoms with Crippen LogP contribution in [0.1, 0.15) is 104 Å². The molecule has 0 aliphatic rings. The topological polar surface area (TPSA) is 6.48 Å². The van der Waals surface area contributed by atoms with Crippen LogP contribution in [-0.4, -0.2) is 38.8 Å². The maximum absolute atomic E-state index is 2.72. The summed E-state index contributed by atoms with van der Waals surface area (Å²) in [6, 6.07) is 0. The molecule has 0 unspecified atom stereocenters. The Balaban J connectivity index is 6.55. The lowest BCUT2D eigenvalue weighted by Crippen LogP contribution is -2.74. The Labute approximate surface area is 148 Å². The predicted octanol–water partition coefficient (Wildman–Crippen LogP) is 6.07. The molecule has 0 atom stereocenters. The standard InChI is InChI=1S/C20H45BN2/c1-16(2,3)21(22(17(4,5)6)18(7,8)9)23(19(10,11)12)20(13,14)15/h1-15H3. The van der Waals surface area contributed by atoms with Gasteiger partial charge in [-0.25, -0.2) is 0 Å². The Morgan fingerprint density at radius 3 is 0.652 bits per heavy atom. The van der Waals surface area contributed by atoms with Gasteiger partial charge in [0.15, 0.2) is 0 Å². The van der Waals surface area contributed by atoms with Gasteiger partial charge in [0.05, 0.1) is 0 Å². The van der Waals surface area contributed by atoms with Crippen molar-refractivity contribution in [3.05, 3.63) is 0 Å². The average Bonchev–Trinajstić information content (AvgIpc) is 2.04. The van der Waals surface area contributed by atoms with E-state index >= 15 is 0 Å². The monoisotopic (exact) mass is 324 g/mol. The molecule has 0 bridgehead atoms. The Morgan fingerprint density at radius 1 is 0.391 bits per heavy atom. The lowest BCUT2D eigenvalue weighted by molar-refractivity contribution is 0.0590. The fourth-order valence-electron chi connectivity index (χ4n) is 4.37. The van der Waals surface area contributed by atoms with Crippen LogP contribution in [0.15, 0.2) is 0 Å². The Hall–Kier alpha value is -0.0151. The lowest BCUT2D eigenvalue weighted by atomic mass is 9.45. The van der Waals surface area contributed by atoms with Crippen molar-refractivity contribution in [3.63, 3.8) is 0 Å². The van der Waals surface area contributed by atoms with Crippen LogP contribution in [-0.2, 0) is 0 Å². The summed E-state index contributed by atoms with van der Waals surface area (Å²) in [5.41, 5.74) is 0.353. The largest absolute Gasteiger partial charge is 0.318 e. The second-order valence-electron chi connectivity index (χ2n) is 12.2. The van der Waals surface area contributed by atoms with Gasteiger partial charge in [0.25, 0.3) is 0 Å². The van der Waals surface area contributed by atoms with Gasteiger partial charge in [0.2, 0.25) is 0 Å². The second kappa shape index (κ2) is 6.37. The molecular weight excluding hydrogens is 279 g/mol. The molecule has 3 heteroatoms. The number of rotatable bonds is 2. The van der Waals surface area contributed by atoms with Crippen LogP contribution in [0.3, 0.4) is 0 Å². The maximum atomic E-state index is 2.72. The molecule has 0 heterocycles.